The van der Waals surface area contributed by atoms with Crippen molar-refractivity contribution < 1.29 is 13.9 Å². The van der Waals surface area contributed by atoms with Crippen LogP contribution in [0.25, 0.3) is 0 Å². The molecule has 0 aliphatic heterocycles. The largest absolute Gasteiger partial charge is 0.493 e. The molecule has 146 valence electrons. The van der Waals surface area contributed by atoms with E-state index in [1.165, 1.54) is 18.6 Å². The van der Waals surface area contributed by atoms with Crippen LogP contribution in [-0.2, 0) is 11.2 Å². The summed E-state index contributed by atoms with van der Waals surface area (Å²) in [5, 5.41) is 0.334. The van der Waals surface area contributed by atoms with Gasteiger partial charge in [0.25, 0.3) is 0 Å². The maximum absolute atomic E-state index is 13.3. The molecule has 0 unspecified atom stereocenters. The smallest absolute Gasteiger partial charge is 0.128 e. The standard InChI is InChI=1S/C21H26ClFN2O2/c1-14-8-18(25-21(24)9-14)10-15-4-2-5-20(15)27-7-3-6-26-19-12-16(22)11-17(23)13-19/h8-9,11-13,15,20H,2-7,10H2,1H3,(H2,24,25)/t15-,20-/m0/s1. The van der Waals surface area contributed by atoms with E-state index in [2.05, 4.69) is 11.1 Å². The van der Waals surface area contributed by atoms with Crippen molar-refractivity contribution in [2.75, 3.05) is 18.9 Å². The zero-order valence-electron chi connectivity index (χ0n) is 15.6. The van der Waals surface area contributed by atoms with Gasteiger partial charge in [0.15, 0.2) is 0 Å². The molecule has 0 bridgehead atoms. The number of hydrogen-bond donors (Lipinski definition) is 1. The molecule has 4 nitrogen and oxygen atoms in total. The molecule has 27 heavy (non-hydrogen) atoms. The second-order valence-electron chi connectivity index (χ2n) is 7.17. The van der Waals surface area contributed by atoms with E-state index in [1.54, 1.807) is 6.07 Å². The monoisotopic (exact) mass is 392 g/mol. The van der Waals surface area contributed by atoms with Crippen LogP contribution < -0.4 is 10.5 Å². The predicted octanol–water partition coefficient (Wildman–Crippen LogP) is 4.96. The molecule has 0 spiro atoms. The van der Waals surface area contributed by atoms with Crippen molar-refractivity contribution in [3.8, 4) is 5.75 Å². The predicted molar refractivity (Wildman–Crippen MR) is 106 cm³/mol. The van der Waals surface area contributed by atoms with E-state index in [-0.39, 0.29) is 6.10 Å². The number of nitrogens with two attached hydrogens (primary N) is 1. The molecule has 3 rings (SSSR count). The highest BCUT2D eigenvalue weighted by Crippen LogP contribution is 2.31. The summed E-state index contributed by atoms with van der Waals surface area (Å²) in [6.07, 6.45) is 5.29. The molecule has 1 heterocycles. The van der Waals surface area contributed by atoms with Gasteiger partial charge in [0.2, 0.25) is 0 Å². The van der Waals surface area contributed by atoms with Gasteiger partial charge in [-0.25, -0.2) is 9.37 Å². The van der Waals surface area contributed by atoms with E-state index in [0.717, 1.165) is 36.9 Å². The van der Waals surface area contributed by atoms with Crippen LogP contribution >= 0.6 is 11.6 Å². The van der Waals surface area contributed by atoms with Crippen LogP contribution in [0.3, 0.4) is 0 Å². The number of halogens is 2. The molecule has 1 aromatic carbocycles. The lowest BCUT2D eigenvalue weighted by Crippen LogP contribution is -2.22. The Kier molecular flexibility index (Phi) is 6.91. The van der Waals surface area contributed by atoms with Crippen molar-refractivity contribution in [2.24, 2.45) is 5.92 Å². The van der Waals surface area contributed by atoms with Crippen LogP contribution in [0, 0.1) is 18.7 Å². The van der Waals surface area contributed by atoms with Gasteiger partial charge in [0.1, 0.15) is 17.4 Å². The Bertz CT molecular complexity index is 731. The fourth-order valence-corrected chi connectivity index (χ4v) is 3.90. The first-order chi connectivity index (χ1) is 13.0. The number of pyridine rings is 1. The summed E-state index contributed by atoms with van der Waals surface area (Å²) in [4.78, 5) is 4.45. The summed E-state index contributed by atoms with van der Waals surface area (Å²) < 4.78 is 24.9. The first-order valence-corrected chi connectivity index (χ1v) is 9.81. The number of benzene rings is 1. The quantitative estimate of drug-likeness (QED) is 0.645. The van der Waals surface area contributed by atoms with E-state index in [4.69, 9.17) is 26.8 Å². The lowest BCUT2D eigenvalue weighted by atomic mass is 9.98. The molecule has 2 aromatic rings. The molecule has 1 fully saturated rings. The van der Waals surface area contributed by atoms with E-state index >= 15 is 0 Å². The van der Waals surface area contributed by atoms with Crippen LogP contribution in [0.15, 0.2) is 30.3 Å². The molecule has 0 radical (unpaired) electrons. The topological polar surface area (TPSA) is 57.4 Å². The molecule has 0 saturated heterocycles. The van der Waals surface area contributed by atoms with Gasteiger partial charge >= 0.3 is 0 Å². The van der Waals surface area contributed by atoms with Crippen molar-refractivity contribution in [3.05, 3.63) is 52.4 Å². The van der Waals surface area contributed by atoms with Gasteiger partial charge in [-0.2, -0.15) is 0 Å². The highest BCUT2D eigenvalue weighted by Gasteiger charge is 2.28. The van der Waals surface area contributed by atoms with Crippen molar-refractivity contribution in [3.63, 3.8) is 0 Å². The highest BCUT2D eigenvalue weighted by molar-refractivity contribution is 6.30. The van der Waals surface area contributed by atoms with E-state index < -0.39 is 5.82 Å². The molecule has 1 aromatic heterocycles. The minimum absolute atomic E-state index is 0.247. The number of hydrogen-bond acceptors (Lipinski definition) is 4. The Morgan fingerprint density at radius 2 is 2.04 bits per heavy atom. The summed E-state index contributed by atoms with van der Waals surface area (Å²) in [5.41, 5.74) is 8.04. The third-order valence-electron chi connectivity index (χ3n) is 4.83. The van der Waals surface area contributed by atoms with Gasteiger partial charge in [-0.15, -0.1) is 0 Å². The van der Waals surface area contributed by atoms with Gasteiger partial charge in [0.05, 0.1) is 19.3 Å². The number of aromatic nitrogens is 1. The first-order valence-electron chi connectivity index (χ1n) is 9.43. The maximum Gasteiger partial charge on any atom is 0.128 e. The van der Waals surface area contributed by atoms with Gasteiger partial charge in [0, 0.05) is 23.2 Å². The lowest BCUT2D eigenvalue weighted by Gasteiger charge is -2.20. The summed E-state index contributed by atoms with van der Waals surface area (Å²) in [6, 6.07) is 8.19. The minimum atomic E-state index is -0.395. The average Bonchev–Trinajstić information content (AvgIpc) is 2.99. The Hall–Kier alpha value is -1.85. The minimum Gasteiger partial charge on any atom is -0.493 e. The summed E-state index contributed by atoms with van der Waals surface area (Å²) in [5.74, 6) is 1.10. The van der Waals surface area contributed by atoms with Crippen molar-refractivity contribution >= 4 is 17.4 Å². The van der Waals surface area contributed by atoms with E-state index in [9.17, 15) is 4.39 Å². The third kappa shape index (κ3) is 6.08. The fourth-order valence-electron chi connectivity index (χ4n) is 3.69. The zero-order chi connectivity index (χ0) is 19.2. The van der Waals surface area contributed by atoms with Crippen molar-refractivity contribution in [2.45, 2.75) is 45.1 Å². The lowest BCUT2D eigenvalue weighted by molar-refractivity contribution is 0.0217. The van der Waals surface area contributed by atoms with Crippen LogP contribution in [0.1, 0.15) is 36.9 Å². The fraction of sp³-hybridized carbons (Fsp3) is 0.476. The third-order valence-corrected chi connectivity index (χ3v) is 5.05. The van der Waals surface area contributed by atoms with Crippen LogP contribution in [-0.4, -0.2) is 24.3 Å². The number of anilines is 1. The van der Waals surface area contributed by atoms with E-state index in [1.807, 2.05) is 13.0 Å². The van der Waals surface area contributed by atoms with Gasteiger partial charge in [-0.3, -0.25) is 0 Å². The van der Waals surface area contributed by atoms with Crippen LogP contribution in [0.5, 0.6) is 5.75 Å². The number of nitrogens with zero attached hydrogens (tertiary/aromatic N) is 1. The second kappa shape index (κ2) is 9.38. The SMILES string of the molecule is Cc1cc(N)nc(C[C@@H]2CCC[C@@H]2OCCCOc2cc(F)cc(Cl)c2)c1. The van der Waals surface area contributed by atoms with Crippen LogP contribution in [0.2, 0.25) is 5.02 Å². The van der Waals surface area contributed by atoms with Crippen molar-refractivity contribution in [1.82, 2.24) is 4.98 Å². The zero-order valence-corrected chi connectivity index (χ0v) is 16.3. The molecule has 2 N–H and O–H groups in total. The maximum atomic E-state index is 13.3. The summed E-state index contributed by atoms with van der Waals surface area (Å²) in [7, 11) is 0. The number of ether oxygens (including phenoxy) is 2. The molecule has 2 atom stereocenters. The number of nitrogen functional groups attached to an aromatic ring is 1. The Labute approximate surface area is 164 Å². The Morgan fingerprint density at radius 3 is 2.81 bits per heavy atom. The average molecular weight is 393 g/mol. The highest BCUT2D eigenvalue weighted by atomic mass is 35.5. The van der Waals surface area contributed by atoms with Gasteiger partial charge in [-0.1, -0.05) is 18.0 Å². The Morgan fingerprint density at radius 1 is 1.19 bits per heavy atom. The van der Waals surface area contributed by atoms with Gasteiger partial charge < -0.3 is 15.2 Å². The van der Waals surface area contributed by atoms with Crippen LogP contribution in [0.4, 0.5) is 10.2 Å². The first kappa shape index (κ1) is 19.9. The van der Waals surface area contributed by atoms with Crippen molar-refractivity contribution in [1.29, 1.82) is 0 Å². The number of rotatable bonds is 8. The summed E-state index contributed by atoms with van der Waals surface area (Å²) >= 11 is 5.82. The molecule has 1 aliphatic carbocycles. The molecule has 0 amide bonds. The number of aryl methyl sites for hydroxylation is 1. The van der Waals surface area contributed by atoms with E-state index in [0.29, 0.717) is 35.7 Å². The molecular formula is C21H26ClFN2O2. The molecule has 1 saturated carbocycles. The normalized spacial score (nSPS) is 19.4. The molecule has 6 heteroatoms. The molecular weight excluding hydrogens is 367 g/mol. The molecule has 1 aliphatic rings. The second-order valence-corrected chi connectivity index (χ2v) is 7.61. The van der Waals surface area contributed by atoms with Gasteiger partial charge in [-0.05, 0) is 61.9 Å². The Balaban J connectivity index is 1.42. The summed E-state index contributed by atoms with van der Waals surface area (Å²) in [6.45, 7) is 3.12.